The Hall–Kier alpha value is -2.71. The van der Waals surface area contributed by atoms with Gasteiger partial charge in [-0.05, 0) is 82.7 Å². The van der Waals surface area contributed by atoms with Crippen LogP contribution >= 0.6 is 27.7 Å². The van der Waals surface area contributed by atoms with Crippen molar-refractivity contribution in [1.82, 2.24) is 5.32 Å². The number of thioether (sulfide) groups is 1. The number of hydrogen-bond donors (Lipinski definition) is 1. The number of amidine groups is 1. The molecule has 8 heteroatoms. The molecule has 2 aromatic carbocycles. The van der Waals surface area contributed by atoms with E-state index in [0.29, 0.717) is 34.8 Å². The Balaban J connectivity index is 1.84. The first-order chi connectivity index (χ1) is 14.5. The minimum absolute atomic E-state index is 0.201. The molecule has 30 heavy (non-hydrogen) atoms. The average molecular weight is 489 g/mol. The van der Waals surface area contributed by atoms with Gasteiger partial charge in [0, 0.05) is 0 Å². The van der Waals surface area contributed by atoms with Gasteiger partial charge in [0.05, 0.1) is 28.8 Å². The van der Waals surface area contributed by atoms with Crippen LogP contribution in [0.4, 0.5) is 5.69 Å². The molecule has 1 N–H and O–H groups in total. The van der Waals surface area contributed by atoms with Crippen molar-refractivity contribution in [3.8, 4) is 17.2 Å². The van der Waals surface area contributed by atoms with E-state index < -0.39 is 0 Å². The van der Waals surface area contributed by atoms with E-state index in [1.165, 1.54) is 11.8 Å². The molecule has 0 bridgehead atoms. The molecule has 1 fully saturated rings. The third-order valence-electron chi connectivity index (χ3n) is 3.93. The van der Waals surface area contributed by atoms with E-state index in [4.69, 9.17) is 14.2 Å². The summed E-state index contributed by atoms with van der Waals surface area (Å²) in [5.41, 5.74) is 1.53. The number of hydrogen-bond acceptors (Lipinski definition) is 6. The zero-order valence-corrected chi connectivity index (χ0v) is 19.0. The Labute approximate surface area is 188 Å². The Morgan fingerprint density at radius 3 is 2.67 bits per heavy atom. The number of nitrogens with one attached hydrogen (secondary N) is 1. The SMILES string of the molecule is C=CCOc1c(Br)cc(/C=C2/SC(=Nc3ccc(OC)cc3)NC2=O)cc1OCC. The molecule has 3 rings (SSSR count). The fraction of sp³-hybridized carbons (Fsp3) is 0.182. The maximum atomic E-state index is 12.4. The highest BCUT2D eigenvalue weighted by atomic mass is 79.9. The molecule has 1 heterocycles. The predicted molar refractivity (Wildman–Crippen MR) is 125 cm³/mol. The normalized spacial score (nSPS) is 15.9. The number of halogens is 1. The lowest BCUT2D eigenvalue weighted by molar-refractivity contribution is -0.115. The number of nitrogens with zero attached hydrogens (tertiary/aromatic N) is 1. The lowest BCUT2D eigenvalue weighted by Gasteiger charge is -2.13. The van der Waals surface area contributed by atoms with Crippen LogP contribution < -0.4 is 19.5 Å². The van der Waals surface area contributed by atoms with Crippen LogP contribution in [0.2, 0.25) is 0 Å². The quantitative estimate of drug-likeness (QED) is 0.402. The highest BCUT2D eigenvalue weighted by Crippen LogP contribution is 2.38. The number of aliphatic imine (C=N–C) groups is 1. The highest BCUT2D eigenvalue weighted by Gasteiger charge is 2.24. The average Bonchev–Trinajstić information content (AvgIpc) is 3.07. The van der Waals surface area contributed by atoms with Gasteiger partial charge in [0.25, 0.3) is 5.91 Å². The van der Waals surface area contributed by atoms with Gasteiger partial charge in [-0.25, -0.2) is 4.99 Å². The zero-order chi connectivity index (χ0) is 21.5. The number of carbonyl (C=O) groups excluding carboxylic acids is 1. The first kappa shape index (κ1) is 22.0. The van der Waals surface area contributed by atoms with Gasteiger partial charge in [-0.2, -0.15) is 0 Å². The lowest BCUT2D eigenvalue weighted by Crippen LogP contribution is -2.19. The van der Waals surface area contributed by atoms with Crippen LogP contribution in [0, 0.1) is 0 Å². The molecular formula is C22H21BrN2O4S. The van der Waals surface area contributed by atoms with Crippen molar-refractivity contribution in [3.63, 3.8) is 0 Å². The predicted octanol–water partition coefficient (Wildman–Crippen LogP) is 5.31. The first-order valence-electron chi connectivity index (χ1n) is 9.17. The summed E-state index contributed by atoms with van der Waals surface area (Å²) in [5.74, 6) is 1.74. The molecule has 0 radical (unpaired) electrons. The maximum Gasteiger partial charge on any atom is 0.264 e. The third kappa shape index (κ3) is 5.46. The first-order valence-corrected chi connectivity index (χ1v) is 10.8. The fourth-order valence-electron chi connectivity index (χ4n) is 2.62. The van der Waals surface area contributed by atoms with E-state index in [2.05, 4.69) is 32.8 Å². The van der Waals surface area contributed by atoms with Crippen LogP contribution in [0.15, 0.2) is 63.4 Å². The second-order valence-electron chi connectivity index (χ2n) is 6.04. The number of benzene rings is 2. The lowest BCUT2D eigenvalue weighted by atomic mass is 10.2. The summed E-state index contributed by atoms with van der Waals surface area (Å²) in [6.45, 7) is 6.42. The summed E-state index contributed by atoms with van der Waals surface area (Å²) in [7, 11) is 1.61. The van der Waals surface area contributed by atoms with Gasteiger partial charge >= 0.3 is 0 Å². The second-order valence-corrected chi connectivity index (χ2v) is 7.93. The molecule has 6 nitrogen and oxygen atoms in total. The van der Waals surface area contributed by atoms with E-state index in [1.54, 1.807) is 19.3 Å². The second kappa shape index (κ2) is 10.4. The third-order valence-corrected chi connectivity index (χ3v) is 5.43. The molecule has 0 unspecified atom stereocenters. The molecule has 156 valence electrons. The van der Waals surface area contributed by atoms with E-state index >= 15 is 0 Å². The minimum atomic E-state index is -0.201. The number of carbonyl (C=O) groups is 1. The molecule has 1 aliphatic heterocycles. The van der Waals surface area contributed by atoms with Gasteiger partial charge < -0.3 is 19.5 Å². The van der Waals surface area contributed by atoms with Gasteiger partial charge in [-0.15, -0.1) is 0 Å². The van der Waals surface area contributed by atoms with Crippen LogP contribution in [-0.2, 0) is 4.79 Å². The Bertz CT molecular complexity index is 1000. The fourth-order valence-corrected chi connectivity index (χ4v) is 4.04. The van der Waals surface area contributed by atoms with E-state index in [1.807, 2.05) is 43.3 Å². The van der Waals surface area contributed by atoms with Crippen LogP contribution in [0.25, 0.3) is 6.08 Å². The largest absolute Gasteiger partial charge is 0.497 e. The van der Waals surface area contributed by atoms with E-state index in [0.717, 1.165) is 21.5 Å². The van der Waals surface area contributed by atoms with Gasteiger partial charge in [0.15, 0.2) is 16.7 Å². The number of amides is 1. The maximum absolute atomic E-state index is 12.4. The van der Waals surface area contributed by atoms with Crippen molar-refractivity contribution < 1.29 is 19.0 Å². The summed E-state index contributed by atoms with van der Waals surface area (Å²) in [5, 5.41) is 3.31. The molecule has 0 saturated carbocycles. The molecule has 0 aliphatic carbocycles. The summed E-state index contributed by atoms with van der Waals surface area (Å²) in [6.07, 6.45) is 3.46. The van der Waals surface area contributed by atoms with Crippen molar-refractivity contribution in [2.75, 3.05) is 20.3 Å². The molecule has 1 amide bonds. The molecule has 1 aliphatic rings. The number of ether oxygens (including phenoxy) is 3. The van der Waals surface area contributed by atoms with Crippen molar-refractivity contribution >= 4 is 50.5 Å². The standard InChI is InChI=1S/C22H21BrN2O4S/c1-4-10-29-20-17(23)11-14(12-18(20)28-5-2)13-19-21(26)25-22(30-19)24-15-6-8-16(27-3)9-7-15/h4,6-9,11-13H,1,5,10H2,2-3H3,(H,24,25,26)/b19-13+. The van der Waals surface area contributed by atoms with Crippen LogP contribution in [0.5, 0.6) is 17.2 Å². The summed E-state index contributed by atoms with van der Waals surface area (Å²) < 4.78 is 17.3. The molecule has 0 aromatic heterocycles. The number of methoxy groups -OCH3 is 1. The van der Waals surface area contributed by atoms with Gasteiger partial charge in [0.1, 0.15) is 12.4 Å². The highest BCUT2D eigenvalue weighted by molar-refractivity contribution is 9.10. The van der Waals surface area contributed by atoms with Crippen LogP contribution in [0.1, 0.15) is 12.5 Å². The van der Waals surface area contributed by atoms with Crippen LogP contribution in [-0.4, -0.2) is 31.4 Å². The Morgan fingerprint density at radius 2 is 2.00 bits per heavy atom. The molecule has 0 atom stereocenters. The molecular weight excluding hydrogens is 468 g/mol. The summed E-state index contributed by atoms with van der Waals surface area (Å²) >= 11 is 4.80. The van der Waals surface area contributed by atoms with Crippen LogP contribution in [0.3, 0.4) is 0 Å². The Kier molecular flexibility index (Phi) is 7.59. The topological polar surface area (TPSA) is 69.2 Å². The monoisotopic (exact) mass is 488 g/mol. The minimum Gasteiger partial charge on any atom is -0.497 e. The van der Waals surface area contributed by atoms with E-state index in [-0.39, 0.29) is 5.91 Å². The molecule has 2 aromatic rings. The number of rotatable bonds is 8. The zero-order valence-electron chi connectivity index (χ0n) is 16.6. The van der Waals surface area contributed by atoms with Crippen molar-refractivity contribution in [3.05, 3.63) is 64.0 Å². The van der Waals surface area contributed by atoms with Crippen molar-refractivity contribution in [2.24, 2.45) is 4.99 Å². The summed E-state index contributed by atoms with van der Waals surface area (Å²) in [6, 6.07) is 11.0. The smallest absolute Gasteiger partial charge is 0.264 e. The summed E-state index contributed by atoms with van der Waals surface area (Å²) in [4.78, 5) is 17.4. The van der Waals surface area contributed by atoms with Gasteiger partial charge in [0.2, 0.25) is 0 Å². The van der Waals surface area contributed by atoms with Crippen molar-refractivity contribution in [1.29, 1.82) is 0 Å². The van der Waals surface area contributed by atoms with Gasteiger partial charge in [-0.3, -0.25) is 4.79 Å². The van der Waals surface area contributed by atoms with E-state index in [9.17, 15) is 4.79 Å². The van der Waals surface area contributed by atoms with Gasteiger partial charge in [-0.1, -0.05) is 12.7 Å². The Morgan fingerprint density at radius 1 is 1.23 bits per heavy atom. The van der Waals surface area contributed by atoms with Crippen molar-refractivity contribution in [2.45, 2.75) is 6.92 Å². The molecule has 1 saturated heterocycles. The molecule has 0 spiro atoms.